The molecule has 1 aliphatic carbocycles. The standard InChI is InChI=1S/C73H47N3O2/c1-4-20-48(21-5-1)49-38-41-54(42-39-49)75(67-35-18-29-60-59-28-12-17-36-68(59)78-72(60)67)56-45-51(44-55(47-56)74(52-22-6-2-7-23-52)53-24-8-3-9-25-53)50-40-43-66-70(46-50)77-69-37-19-33-64-71(69)76(66)65-34-16-15-32-63(65)73(64)61-30-13-10-26-57(61)58-27-11-14-31-62(58)73/h1-47H. The summed E-state index contributed by atoms with van der Waals surface area (Å²) in [7, 11) is 0. The van der Waals surface area contributed by atoms with Gasteiger partial charge in [-0.1, -0.05) is 194 Å². The fourth-order valence-electron chi connectivity index (χ4n) is 12.9. The summed E-state index contributed by atoms with van der Waals surface area (Å²) in [6.07, 6.45) is 0. The number of hydrogen-bond donors (Lipinski definition) is 0. The number of para-hydroxylation sites is 6. The molecule has 0 unspecified atom stereocenters. The van der Waals surface area contributed by atoms with Crippen LogP contribution in [-0.2, 0) is 5.41 Å². The normalized spacial score (nSPS) is 13.1. The molecule has 3 heterocycles. The van der Waals surface area contributed by atoms with E-state index in [-0.39, 0.29) is 0 Å². The summed E-state index contributed by atoms with van der Waals surface area (Å²) < 4.78 is 14.1. The molecule has 5 nitrogen and oxygen atoms in total. The van der Waals surface area contributed by atoms with Gasteiger partial charge >= 0.3 is 0 Å². The molecule has 78 heavy (non-hydrogen) atoms. The highest BCUT2D eigenvalue weighted by Crippen LogP contribution is 2.67. The van der Waals surface area contributed by atoms with Gasteiger partial charge in [-0.2, -0.15) is 0 Å². The number of benzene rings is 12. The second-order valence-corrected chi connectivity index (χ2v) is 20.4. The highest BCUT2D eigenvalue weighted by Gasteiger charge is 2.53. The van der Waals surface area contributed by atoms with E-state index in [4.69, 9.17) is 9.15 Å². The average Bonchev–Trinajstić information content (AvgIpc) is 3.42. The maximum absolute atomic E-state index is 7.26. The summed E-state index contributed by atoms with van der Waals surface area (Å²) in [4.78, 5) is 7.14. The van der Waals surface area contributed by atoms with E-state index in [0.717, 1.165) is 107 Å². The summed E-state index contributed by atoms with van der Waals surface area (Å²) >= 11 is 0. The Morgan fingerprint density at radius 2 is 0.872 bits per heavy atom. The van der Waals surface area contributed by atoms with Gasteiger partial charge in [0.15, 0.2) is 17.1 Å². The number of hydrogen-bond acceptors (Lipinski definition) is 5. The van der Waals surface area contributed by atoms with Gasteiger partial charge in [0.25, 0.3) is 0 Å². The zero-order valence-corrected chi connectivity index (χ0v) is 42.3. The fourth-order valence-corrected chi connectivity index (χ4v) is 12.9. The van der Waals surface area contributed by atoms with Crippen molar-refractivity contribution in [3.8, 4) is 44.9 Å². The lowest BCUT2D eigenvalue weighted by Crippen LogP contribution is -2.37. The second-order valence-electron chi connectivity index (χ2n) is 20.4. The Hall–Kier alpha value is -10.4. The maximum atomic E-state index is 7.26. The molecule has 0 N–H and O–H groups in total. The first-order valence-electron chi connectivity index (χ1n) is 26.6. The number of furan rings is 1. The zero-order chi connectivity index (χ0) is 51.3. The molecule has 1 spiro atoms. The lowest BCUT2D eigenvalue weighted by Gasteiger charge is -2.47. The van der Waals surface area contributed by atoms with Gasteiger partial charge in [-0.3, -0.25) is 0 Å². The van der Waals surface area contributed by atoms with Crippen LogP contribution in [0.25, 0.3) is 55.3 Å². The van der Waals surface area contributed by atoms with Crippen LogP contribution >= 0.6 is 0 Å². The molecular formula is C73H47N3O2. The Labute approximate surface area is 452 Å². The molecule has 13 aromatic rings. The molecule has 0 bridgehead atoms. The predicted octanol–water partition coefficient (Wildman–Crippen LogP) is 20.1. The zero-order valence-electron chi connectivity index (χ0n) is 42.3. The van der Waals surface area contributed by atoms with Crippen molar-refractivity contribution in [2.45, 2.75) is 5.41 Å². The van der Waals surface area contributed by atoms with Gasteiger partial charge < -0.3 is 23.9 Å². The van der Waals surface area contributed by atoms with Crippen LogP contribution in [0.1, 0.15) is 22.3 Å². The smallest absolute Gasteiger partial charge is 0.159 e. The van der Waals surface area contributed by atoms with Crippen molar-refractivity contribution in [2.24, 2.45) is 0 Å². The summed E-state index contributed by atoms with van der Waals surface area (Å²) in [5.74, 6) is 1.61. The molecule has 3 aliphatic rings. The molecule has 0 saturated heterocycles. The molecule has 366 valence electrons. The minimum absolute atomic E-state index is 0.535. The first-order valence-corrected chi connectivity index (χ1v) is 26.6. The van der Waals surface area contributed by atoms with Gasteiger partial charge in [-0.05, 0) is 147 Å². The molecule has 0 radical (unpaired) electrons. The van der Waals surface area contributed by atoms with Crippen molar-refractivity contribution in [2.75, 3.05) is 14.7 Å². The van der Waals surface area contributed by atoms with Crippen molar-refractivity contribution < 1.29 is 9.15 Å². The minimum atomic E-state index is -0.535. The van der Waals surface area contributed by atoms with Gasteiger partial charge in [0.2, 0.25) is 0 Å². The van der Waals surface area contributed by atoms with E-state index in [1.807, 2.05) is 6.07 Å². The third-order valence-electron chi connectivity index (χ3n) is 16.2. The van der Waals surface area contributed by atoms with Gasteiger partial charge in [-0.15, -0.1) is 0 Å². The lowest BCUT2D eigenvalue weighted by molar-refractivity contribution is 0.474. The summed E-state index contributed by atoms with van der Waals surface area (Å²) in [5.41, 5.74) is 22.2. The highest BCUT2D eigenvalue weighted by molar-refractivity contribution is 6.10. The van der Waals surface area contributed by atoms with Gasteiger partial charge in [0.1, 0.15) is 5.58 Å². The van der Waals surface area contributed by atoms with E-state index < -0.39 is 5.41 Å². The summed E-state index contributed by atoms with van der Waals surface area (Å²) in [6.45, 7) is 0. The number of nitrogens with zero attached hydrogens (tertiary/aromatic N) is 3. The number of rotatable bonds is 8. The van der Waals surface area contributed by atoms with E-state index >= 15 is 0 Å². The first-order chi connectivity index (χ1) is 38.7. The average molecular weight is 998 g/mol. The highest BCUT2D eigenvalue weighted by atomic mass is 16.5. The summed E-state index contributed by atoms with van der Waals surface area (Å²) in [6, 6.07) is 103. The van der Waals surface area contributed by atoms with Crippen LogP contribution < -0.4 is 19.4 Å². The Morgan fingerprint density at radius 1 is 0.321 bits per heavy atom. The largest absolute Gasteiger partial charge is 0.454 e. The molecule has 1 aromatic heterocycles. The Morgan fingerprint density at radius 3 is 1.60 bits per heavy atom. The van der Waals surface area contributed by atoms with Crippen LogP contribution in [0.4, 0.5) is 51.2 Å². The van der Waals surface area contributed by atoms with Gasteiger partial charge in [-0.25, -0.2) is 0 Å². The molecule has 12 aromatic carbocycles. The molecule has 2 aliphatic heterocycles. The van der Waals surface area contributed by atoms with E-state index in [2.05, 4.69) is 294 Å². The Kier molecular flexibility index (Phi) is 9.78. The Bertz CT molecular complexity index is 4410. The molecule has 0 fully saturated rings. The SMILES string of the molecule is c1ccc(-c2ccc(N(c3cc(-c4ccc5c(c4)Oc4cccc6c4N5c4ccccc4C64c5ccccc5-c5ccccc54)cc(N(c4ccccc4)c4ccccc4)c3)c3cccc4c3oc3ccccc34)cc2)cc1. The fraction of sp³-hybridized carbons (Fsp3) is 0.0137. The quantitative estimate of drug-likeness (QED) is 0.151. The van der Waals surface area contributed by atoms with E-state index in [1.54, 1.807) is 0 Å². The van der Waals surface area contributed by atoms with Crippen LogP contribution in [0.3, 0.4) is 0 Å². The van der Waals surface area contributed by atoms with Crippen molar-refractivity contribution in [1.29, 1.82) is 0 Å². The lowest BCUT2D eigenvalue weighted by atomic mass is 9.64. The van der Waals surface area contributed by atoms with Crippen LogP contribution in [-0.4, -0.2) is 0 Å². The molecule has 0 atom stereocenters. The summed E-state index contributed by atoms with van der Waals surface area (Å²) in [5, 5.41) is 2.14. The second kappa shape index (κ2) is 17.4. The third-order valence-corrected chi connectivity index (χ3v) is 16.2. The number of anilines is 9. The monoisotopic (exact) mass is 997 g/mol. The van der Waals surface area contributed by atoms with Crippen LogP contribution in [0, 0.1) is 0 Å². The Balaban J connectivity index is 0.911. The third kappa shape index (κ3) is 6.55. The minimum Gasteiger partial charge on any atom is -0.454 e. The maximum Gasteiger partial charge on any atom is 0.159 e. The predicted molar refractivity (Wildman–Crippen MR) is 320 cm³/mol. The van der Waals surface area contributed by atoms with Crippen LogP contribution in [0.15, 0.2) is 290 Å². The van der Waals surface area contributed by atoms with E-state index in [9.17, 15) is 0 Å². The van der Waals surface area contributed by atoms with E-state index in [0.29, 0.717) is 0 Å². The topological polar surface area (TPSA) is 32.1 Å². The molecule has 16 rings (SSSR count). The molecule has 5 heteroatoms. The van der Waals surface area contributed by atoms with Crippen molar-refractivity contribution in [3.05, 3.63) is 307 Å². The van der Waals surface area contributed by atoms with Crippen LogP contribution in [0.2, 0.25) is 0 Å². The number of fused-ring (bicyclic) bond motifs is 14. The van der Waals surface area contributed by atoms with Crippen molar-refractivity contribution in [3.63, 3.8) is 0 Å². The molecular weight excluding hydrogens is 951 g/mol. The van der Waals surface area contributed by atoms with Gasteiger partial charge in [0, 0.05) is 39.2 Å². The van der Waals surface area contributed by atoms with E-state index in [1.165, 1.54) is 33.4 Å². The molecule has 0 saturated carbocycles. The first kappa shape index (κ1) is 44.0. The van der Waals surface area contributed by atoms with Crippen molar-refractivity contribution in [1.82, 2.24) is 0 Å². The van der Waals surface area contributed by atoms with Crippen LogP contribution in [0.5, 0.6) is 11.5 Å². The van der Waals surface area contributed by atoms with Crippen molar-refractivity contribution >= 4 is 73.1 Å². The van der Waals surface area contributed by atoms with Gasteiger partial charge in [0.05, 0.1) is 28.2 Å². The molecule has 0 amide bonds. The number of ether oxygens (including phenoxy) is 1.